The van der Waals surface area contributed by atoms with Gasteiger partial charge in [-0.1, -0.05) is 18.2 Å². The summed E-state index contributed by atoms with van der Waals surface area (Å²) in [6.07, 6.45) is 5.10. The molecule has 0 spiro atoms. The number of benzene rings is 1. The van der Waals surface area contributed by atoms with Crippen LogP contribution >= 0.6 is 0 Å². The fraction of sp³-hybridized carbons (Fsp3) is 0.353. The van der Waals surface area contributed by atoms with Crippen LogP contribution in [0.3, 0.4) is 0 Å². The number of carbonyl (C=O) groups excluding carboxylic acids is 1. The van der Waals surface area contributed by atoms with Gasteiger partial charge in [-0.25, -0.2) is 4.98 Å². The van der Waals surface area contributed by atoms with Crippen molar-refractivity contribution in [2.75, 3.05) is 20.3 Å². The molecule has 3 rings (SSSR count). The van der Waals surface area contributed by atoms with Gasteiger partial charge in [0.1, 0.15) is 12.4 Å². The van der Waals surface area contributed by atoms with Gasteiger partial charge in [0.2, 0.25) is 11.8 Å². The summed E-state index contributed by atoms with van der Waals surface area (Å²) in [4.78, 5) is 22.7. The number of hydrogen-bond acceptors (Lipinski definition) is 5. The number of rotatable bonds is 5. The minimum atomic E-state index is -0.0653. The van der Waals surface area contributed by atoms with Crippen LogP contribution in [0.4, 0.5) is 0 Å². The van der Waals surface area contributed by atoms with Crippen molar-refractivity contribution in [3.8, 4) is 11.6 Å². The summed E-state index contributed by atoms with van der Waals surface area (Å²) in [5.41, 5.74) is 0.750. The third kappa shape index (κ3) is 3.65. The molecule has 23 heavy (non-hydrogen) atoms. The smallest absolute Gasteiger partial charge is 0.249 e. The van der Waals surface area contributed by atoms with Crippen LogP contribution < -0.4 is 4.74 Å². The van der Waals surface area contributed by atoms with Crippen molar-refractivity contribution in [1.82, 2.24) is 14.9 Å². The second-order valence-corrected chi connectivity index (χ2v) is 5.38. The maximum Gasteiger partial charge on any atom is 0.249 e. The fourth-order valence-electron chi connectivity index (χ4n) is 2.76. The van der Waals surface area contributed by atoms with Crippen LogP contribution in [0, 0.1) is 0 Å². The van der Waals surface area contributed by atoms with E-state index in [1.165, 1.54) is 7.11 Å². The highest BCUT2D eigenvalue weighted by Gasteiger charge is 2.31. The normalized spacial score (nSPS) is 17.3. The molecule has 1 aliphatic rings. The third-order valence-electron chi connectivity index (χ3n) is 3.78. The lowest BCUT2D eigenvalue weighted by atomic mass is 10.1. The van der Waals surface area contributed by atoms with Crippen LogP contribution in [-0.4, -0.2) is 41.0 Å². The first-order valence-electron chi connectivity index (χ1n) is 7.61. The number of para-hydroxylation sites is 1. The molecule has 1 unspecified atom stereocenters. The first-order valence-corrected chi connectivity index (χ1v) is 7.61. The van der Waals surface area contributed by atoms with Crippen molar-refractivity contribution >= 4 is 5.91 Å². The molecule has 2 heterocycles. The summed E-state index contributed by atoms with van der Waals surface area (Å²) in [5.74, 6) is 1.11. The van der Waals surface area contributed by atoms with E-state index in [0.717, 1.165) is 25.1 Å². The highest BCUT2D eigenvalue weighted by Crippen LogP contribution is 2.31. The summed E-state index contributed by atoms with van der Waals surface area (Å²) in [5, 5.41) is 0. The summed E-state index contributed by atoms with van der Waals surface area (Å²) in [7, 11) is 1.52. The Labute approximate surface area is 135 Å². The number of methoxy groups -OCH3 is 1. The molecule has 1 amide bonds. The van der Waals surface area contributed by atoms with Gasteiger partial charge < -0.3 is 14.4 Å². The van der Waals surface area contributed by atoms with Crippen LogP contribution in [0.25, 0.3) is 0 Å². The van der Waals surface area contributed by atoms with E-state index < -0.39 is 0 Å². The Balaban J connectivity index is 1.77. The van der Waals surface area contributed by atoms with E-state index in [1.807, 2.05) is 30.3 Å². The van der Waals surface area contributed by atoms with E-state index in [-0.39, 0.29) is 18.6 Å². The minimum absolute atomic E-state index is 0.0221. The molecule has 1 aromatic carbocycles. The predicted molar refractivity (Wildman–Crippen MR) is 84.1 cm³/mol. The maximum absolute atomic E-state index is 12.1. The Bertz CT molecular complexity index is 663. The second kappa shape index (κ2) is 7.19. The van der Waals surface area contributed by atoms with Crippen LogP contribution in [-0.2, 0) is 9.53 Å². The first-order chi connectivity index (χ1) is 11.3. The molecule has 0 bridgehead atoms. The largest absolute Gasteiger partial charge is 0.437 e. The molecule has 1 aromatic heterocycles. The maximum atomic E-state index is 12.1. The molecule has 1 saturated heterocycles. The Hall–Kier alpha value is -2.47. The van der Waals surface area contributed by atoms with Crippen LogP contribution in [0.1, 0.15) is 24.6 Å². The summed E-state index contributed by atoms with van der Waals surface area (Å²) in [6.45, 7) is 0.808. The predicted octanol–water partition coefficient (Wildman–Crippen LogP) is 2.58. The minimum Gasteiger partial charge on any atom is -0.437 e. The summed E-state index contributed by atoms with van der Waals surface area (Å²) >= 11 is 0. The van der Waals surface area contributed by atoms with E-state index >= 15 is 0 Å². The number of ether oxygens (including phenoxy) is 2. The lowest BCUT2D eigenvalue weighted by molar-refractivity contribution is -0.136. The molecular weight excluding hydrogens is 294 g/mol. The van der Waals surface area contributed by atoms with Crippen LogP contribution in [0.2, 0.25) is 0 Å². The number of nitrogens with zero attached hydrogens (tertiary/aromatic N) is 3. The number of likely N-dealkylation sites (tertiary alicyclic amines) is 1. The Kier molecular flexibility index (Phi) is 4.83. The first kappa shape index (κ1) is 15.4. The molecule has 0 aliphatic carbocycles. The highest BCUT2D eigenvalue weighted by atomic mass is 16.5. The molecule has 6 nitrogen and oxygen atoms in total. The summed E-state index contributed by atoms with van der Waals surface area (Å²) in [6, 6.07) is 9.37. The van der Waals surface area contributed by atoms with Gasteiger partial charge in [-0.15, -0.1) is 0 Å². The lowest BCUT2D eigenvalue weighted by Crippen LogP contribution is -2.33. The SMILES string of the molecule is COCC(=O)N1CCCC1c1cncc(Oc2ccccc2)n1. The molecule has 0 N–H and O–H groups in total. The van der Waals surface area contributed by atoms with E-state index in [1.54, 1.807) is 17.3 Å². The van der Waals surface area contributed by atoms with Crippen molar-refractivity contribution in [3.63, 3.8) is 0 Å². The Morgan fingerprint density at radius 1 is 1.30 bits per heavy atom. The van der Waals surface area contributed by atoms with Gasteiger partial charge in [-0.05, 0) is 25.0 Å². The summed E-state index contributed by atoms with van der Waals surface area (Å²) < 4.78 is 10.7. The second-order valence-electron chi connectivity index (χ2n) is 5.38. The van der Waals surface area contributed by atoms with Gasteiger partial charge in [0.05, 0.1) is 24.1 Å². The number of carbonyl (C=O) groups is 1. The standard InChI is InChI=1S/C17H19N3O3/c1-22-12-17(21)20-9-5-8-15(20)14-10-18-11-16(19-14)23-13-6-3-2-4-7-13/h2-4,6-7,10-11,15H,5,8-9,12H2,1H3. The Morgan fingerprint density at radius 2 is 2.13 bits per heavy atom. The molecule has 1 fully saturated rings. The molecule has 2 aromatic rings. The average Bonchev–Trinajstić information content (AvgIpc) is 3.06. The van der Waals surface area contributed by atoms with Gasteiger partial charge in [0, 0.05) is 13.7 Å². The van der Waals surface area contributed by atoms with E-state index in [2.05, 4.69) is 9.97 Å². The zero-order valence-corrected chi connectivity index (χ0v) is 13.0. The molecule has 0 radical (unpaired) electrons. The van der Waals surface area contributed by atoms with Crippen molar-refractivity contribution in [2.45, 2.75) is 18.9 Å². The van der Waals surface area contributed by atoms with Crippen LogP contribution in [0.5, 0.6) is 11.6 Å². The van der Waals surface area contributed by atoms with Gasteiger partial charge in [0.25, 0.3) is 0 Å². The average molecular weight is 313 g/mol. The van der Waals surface area contributed by atoms with E-state index in [9.17, 15) is 4.79 Å². The Morgan fingerprint density at radius 3 is 2.91 bits per heavy atom. The van der Waals surface area contributed by atoms with Gasteiger partial charge in [0.15, 0.2) is 0 Å². The zero-order chi connectivity index (χ0) is 16.1. The van der Waals surface area contributed by atoms with Gasteiger partial charge >= 0.3 is 0 Å². The topological polar surface area (TPSA) is 64.5 Å². The van der Waals surface area contributed by atoms with Gasteiger partial charge in [-0.2, -0.15) is 0 Å². The quantitative estimate of drug-likeness (QED) is 0.849. The fourth-order valence-corrected chi connectivity index (χ4v) is 2.76. The molecule has 120 valence electrons. The van der Waals surface area contributed by atoms with E-state index in [0.29, 0.717) is 11.6 Å². The number of amides is 1. The molecular formula is C17H19N3O3. The highest BCUT2D eigenvalue weighted by molar-refractivity contribution is 5.78. The van der Waals surface area contributed by atoms with Crippen molar-refractivity contribution < 1.29 is 14.3 Å². The molecule has 1 aliphatic heterocycles. The van der Waals surface area contributed by atoms with Crippen molar-refractivity contribution in [1.29, 1.82) is 0 Å². The monoisotopic (exact) mass is 313 g/mol. The number of aromatic nitrogens is 2. The van der Waals surface area contributed by atoms with Crippen LogP contribution in [0.15, 0.2) is 42.7 Å². The number of hydrogen-bond donors (Lipinski definition) is 0. The van der Waals surface area contributed by atoms with E-state index in [4.69, 9.17) is 9.47 Å². The third-order valence-corrected chi connectivity index (χ3v) is 3.78. The van der Waals surface area contributed by atoms with Crippen molar-refractivity contribution in [3.05, 3.63) is 48.4 Å². The molecule has 6 heteroatoms. The van der Waals surface area contributed by atoms with Crippen molar-refractivity contribution in [2.24, 2.45) is 0 Å². The molecule has 1 atom stereocenters. The zero-order valence-electron chi connectivity index (χ0n) is 13.0. The lowest BCUT2D eigenvalue weighted by Gasteiger charge is -2.24. The molecule has 0 saturated carbocycles. The van der Waals surface area contributed by atoms with Gasteiger partial charge in [-0.3, -0.25) is 9.78 Å².